The first-order valence-corrected chi connectivity index (χ1v) is 10.3. The summed E-state index contributed by atoms with van der Waals surface area (Å²) in [5, 5.41) is 7.59. The molecule has 0 spiro atoms. The summed E-state index contributed by atoms with van der Waals surface area (Å²) >= 11 is 0. The van der Waals surface area contributed by atoms with Crippen LogP contribution < -0.4 is 21.3 Å². The average Bonchev–Trinajstić information content (AvgIpc) is 3.11. The Hall–Kier alpha value is -3.88. The molecule has 1 N–H and O–H groups in total. The van der Waals surface area contributed by atoms with E-state index in [1.165, 1.54) is 13.6 Å². The lowest BCUT2D eigenvalue weighted by Crippen LogP contribution is -2.28. The molecule has 0 saturated carbocycles. The summed E-state index contributed by atoms with van der Waals surface area (Å²) in [6.07, 6.45) is 0. The van der Waals surface area contributed by atoms with Crippen LogP contribution in [-0.2, 0) is 13.6 Å². The quantitative estimate of drug-likeness (QED) is 0.498. The maximum atomic E-state index is 13.3. The number of ether oxygens (including phenoxy) is 1. The Kier molecular flexibility index (Phi) is 5.56. The van der Waals surface area contributed by atoms with Crippen molar-refractivity contribution in [2.45, 2.75) is 20.4 Å². The molecule has 166 valence electrons. The van der Waals surface area contributed by atoms with E-state index in [0.29, 0.717) is 34.7 Å². The Morgan fingerprint density at radius 1 is 1.16 bits per heavy atom. The Bertz CT molecular complexity index is 1440. The van der Waals surface area contributed by atoms with Gasteiger partial charge in [-0.2, -0.15) is 0 Å². The minimum atomic E-state index is -0.400. The fourth-order valence-corrected chi connectivity index (χ4v) is 3.58. The number of aromatic nitrogens is 4. The third kappa shape index (κ3) is 3.77. The second-order valence-electron chi connectivity index (χ2n) is 8.13. The molecule has 4 rings (SSSR count). The average molecular weight is 435 g/mol. The van der Waals surface area contributed by atoms with Crippen LogP contribution in [0.4, 0.5) is 0 Å². The van der Waals surface area contributed by atoms with Gasteiger partial charge in [0.25, 0.3) is 11.5 Å². The molecule has 0 aliphatic heterocycles. The Balaban J connectivity index is 1.87. The molecule has 0 fully saturated rings. The van der Waals surface area contributed by atoms with Crippen molar-refractivity contribution in [3.8, 4) is 5.75 Å². The number of aryl methyl sites for hydroxylation is 1. The fraction of sp³-hybridized carbons (Fsp3) is 0.304. The lowest BCUT2D eigenvalue weighted by molar-refractivity contribution is 0.0949. The van der Waals surface area contributed by atoms with Crippen LogP contribution in [0.5, 0.6) is 5.75 Å². The van der Waals surface area contributed by atoms with Crippen LogP contribution >= 0.6 is 0 Å². The minimum Gasteiger partial charge on any atom is -0.497 e. The van der Waals surface area contributed by atoms with Crippen molar-refractivity contribution in [1.82, 2.24) is 24.1 Å². The molecule has 0 radical (unpaired) electrons. The summed E-state index contributed by atoms with van der Waals surface area (Å²) in [5.74, 6) is 0.923. The third-order valence-electron chi connectivity index (χ3n) is 5.30. The first-order chi connectivity index (χ1) is 15.3. The highest BCUT2D eigenvalue weighted by atomic mass is 16.5. The van der Waals surface area contributed by atoms with E-state index >= 15 is 0 Å². The van der Waals surface area contributed by atoms with Crippen molar-refractivity contribution in [2.24, 2.45) is 13.0 Å². The minimum absolute atomic E-state index is 0.204. The number of amides is 1. The van der Waals surface area contributed by atoms with E-state index in [-0.39, 0.29) is 23.8 Å². The molecule has 32 heavy (non-hydrogen) atoms. The van der Waals surface area contributed by atoms with E-state index < -0.39 is 5.69 Å². The SMILES string of the molecule is COc1cccc(Cn2nc3n(C)c(=O)c4ccc(C(=O)NCC(C)C)cc4n3c2=O)c1. The number of nitrogens with zero attached hydrogens (tertiary/aromatic N) is 4. The topological polar surface area (TPSA) is 99.6 Å². The van der Waals surface area contributed by atoms with E-state index in [1.54, 1.807) is 32.4 Å². The zero-order valence-electron chi connectivity index (χ0n) is 18.5. The molecule has 4 aromatic rings. The molecule has 1 amide bonds. The number of benzene rings is 2. The summed E-state index contributed by atoms with van der Waals surface area (Å²) < 4.78 is 9.26. The smallest absolute Gasteiger partial charge is 0.352 e. The second kappa shape index (κ2) is 8.33. The molecule has 0 atom stereocenters. The van der Waals surface area contributed by atoms with Crippen molar-refractivity contribution in [1.29, 1.82) is 0 Å². The molecule has 9 heteroatoms. The molecule has 2 heterocycles. The van der Waals surface area contributed by atoms with E-state index in [4.69, 9.17) is 4.74 Å². The highest BCUT2D eigenvalue weighted by Gasteiger charge is 2.18. The summed E-state index contributed by atoms with van der Waals surface area (Å²) in [7, 11) is 3.15. The predicted molar refractivity (Wildman–Crippen MR) is 121 cm³/mol. The maximum Gasteiger partial charge on any atom is 0.352 e. The first-order valence-electron chi connectivity index (χ1n) is 10.3. The van der Waals surface area contributed by atoms with Gasteiger partial charge < -0.3 is 10.1 Å². The second-order valence-corrected chi connectivity index (χ2v) is 8.13. The Morgan fingerprint density at radius 3 is 2.66 bits per heavy atom. The maximum absolute atomic E-state index is 13.3. The predicted octanol–water partition coefficient (Wildman–Crippen LogP) is 1.79. The van der Waals surface area contributed by atoms with E-state index in [0.717, 1.165) is 5.56 Å². The van der Waals surface area contributed by atoms with Gasteiger partial charge in [0, 0.05) is 19.2 Å². The Labute approximate surface area is 183 Å². The lowest BCUT2D eigenvalue weighted by Gasteiger charge is -2.09. The van der Waals surface area contributed by atoms with Gasteiger partial charge in [-0.15, -0.1) is 5.10 Å². The molecule has 2 aromatic carbocycles. The van der Waals surface area contributed by atoms with E-state index in [9.17, 15) is 14.4 Å². The van der Waals surface area contributed by atoms with Gasteiger partial charge in [-0.05, 0) is 41.8 Å². The third-order valence-corrected chi connectivity index (χ3v) is 5.30. The number of hydrogen-bond acceptors (Lipinski definition) is 5. The number of carbonyl (C=O) groups excluding carboxylic acids is 1. The highest BCUT2D eigenvalue weighted by Crippen LogP contribution is 2.16. The zero-order valence-corrected chi connectivity index (χ0v) is 18.5. The highest BCUT2D eigenvalue weighted by molar-refractivity contribution is 5.98. The number of hydrogen-bond donors (Lipinski definition) is 1. The summed E-state index contributed by atoms with van der Waals surface area (Å²) in [5.41, 5.74) is 0.864. The molecular formula is C23H25N5O4. The van der Waals surface area contributed by atoms with Crippen molar-refractivity contribution >= 4 is 22.6 Å². The van der Waals surface area contributed by atoms with Gasteiger partial charge in [0.1, 0.15) is 5.75 Å². The number of nitrogens with one attached hydrogen (secondary N) is 1. The number of methoxy groups -OCH3 is 1. The standard InChI is InChI=1S/C23H25N5O4/c1-14(2)12-24-20(29)16-8-9-18-19(11-16)28-22(26(3)21(18)30)25-27(23(28)31)13-15-6-5-7-17(10-15)32-4/h5-11,14H,12-13H2,1-4H3,(H,24,29). The van der Waals surface area contributed by atoms with Gasteiger partial charge in [0.15, 0.2) is 0 Å². The Morgan fingerprint density at radius 2 is 1.94 bits per heavy atom. The molecule has 0 aliphatic carbocycles. The van der Waals surface area contributed by atoms with Crippen molar-refractivity contribution in [3.05, 3.63) is 74.4 Å². The zero-order chi connectivity index (χ0) is 23.0. The van der Waals surface area contributed by atoms with Gasteiger partial charge in [-0.1, -0.05) is 26.0 Å². The molecular weight excluding hydrogens is 410 g/mol. The summed E-state index contributed by atoms with van der Waals surface area (Å²) in [6, 6.07) is 12.1. The van der Waals surface area contributed by atoms with Crippen LogP contribution in [0.25, 0.3) is 16.7 Å². The van der Waals surface area contributed by atoms with Crippen LogP contribution in [0, 0.1) is 5.92 Å². The lowest BCUT2D eigenvalue weighted by atomic mass is 10.1. The summed E-state index contributed by atoms with van der Waals surface area (Å²) in [4.78, 5) is 38.7. The monoisotopic (exact) mass is 435 g/mol. The van der Waals surface area contributed by atoms with Gasteiger partial charge in [-0.3, -0.25) is 14.2 Å². The van der Waals surface area contributed by atoms with Crippen molar-refractivity contribution in [3.63, 3.8) is 0 Å². The number of carbonyl (C=O) groups is 1. The number of fused-ring (bicyclic) bond motifs is 3. The van der Waals surface area contributed by atoms with Crippen LogP contribution in [0.1, 0.15) is 29.8 Å². The molecule has 0 bridgehead atoms. The van der Waals surface area contributed by atoms with Gasteiger partial charge >= 0.3 is 5.69 Å². The van der Waals surface area contributed by atoms with Gasteiger partial charge in [-0.25, -0.2) is 13.9 Å². The largest absolute Gasteiger partial charge is 0.497 e. The van der Waals surface area contributed by atoms with Gasteiger partial charge in [0.05, 0.1) is 24.6 Å². The van der Waals surface area contributed by atoms with Crippen molar-refractivity contribution < 1.29 is 9.53 Å². The fourth-order valence-electron chi connectivity index (χ4n) is 3.58. The molecule has 0 aliphatic rings. The van der Waals surface area contributed by atoms with Crippen LogP contribution in [0.3, 0.4) is 0 Å². The van der Waals surface area contributed by atoms with Crippen molar-refractivity contribution in [2.75, 3.05) is 13.7 Å². The molecule has 9 nitrogen and oxygen atoms in total. The molecule has 0 saturated heterocycles. The first kappa shape index (κ1) is 21.4. The van der Waals surface area contributed by atoms with Crippen LogP contribution in [0.15, 0.2) is 52.1 Å². The molecule has 0 unspecified atom stereocenters. The van der Waals surface area contributed by atoms with Crippen LogP contribution in [-0.4, -0.2) is 38.3 Å². The normalized spacial score (nSPS) is 11.4. The molecule has 2 aromatic heterocycles. The van der Waals surface area contributed by atoms with Gasteiger partial charge in [0.2, 0.25) is 5.78 Å². The van der Waals surface area contributed by atoms with Crippen LogP contribution in [0.2, 0.25) is 0 Å². The number of rotatable bonds is 6. The van der Waals surface area contributed by atoms with E-state index in [1.807, 2.05) is 38.1 Å². The summed E-state index contributed by atoms with van der Waals surface area (Å²) in [6.45, 7) is 4.75. The van der Waals surface area contributed by atoms with E-state index in [2.05, 4.69) is 10.4 Å².